The first-order valence-electron chi connectivity index (χ1n) is 5.40. The van der Waals surface area contributed by atoms with E-state index in [2.05, 4.69) is 4.74 Å². The molecule has 1 atom stereocenters. The topological polar surface area (TPSA) is 131 Å². The Bertz CT molecular complexity index is 94.7. The molecule has 0 heterocycles. The van der Waals surface area contributed by atoms with Crippen LogP contribution in [0.15, 0.2) is 0 Å². The summed E-state index contributed by atoms with van der Waals surface area (Å²) in [6, 6.07) is 0. The van der Waals surface area contributed by atoms with Crippen LogP contribution < -0.4 is 0 Å². The maximum atomic E-state index is 8.39. The molecule has 0 fully saturated rings. The summed E-state index contributed by atoms with van der Waals surface area (Å²) in [4.78, 5) is 0. The summed E-state index contributed by atoms with van der Waals surface area (Å²) >= 11 is 0. The van der Waals surface area contributed by atoms with Crippen molar-refractivity contribution in [2.24, 2.45) is 0 Å². The number of hydrogen-bond donors (Lipinski definition) is 6. The van der Waals surface area contributed by atoms with Gasteiger partial charge in [-0.25, -0.2) is 0 Å². The molecule has 0 aliphatic heterocycles. The second-order valence-corrected chi connectivity index (χ2v) is 2.87. The van der Waals surface area contributed by atoms with Gasteiger partial charge in [0.2, 0.25) is 0 Å². The monoisotopic (exact) mass is 258 g/mol. The Kier molecular flexibility index (Phi) is 32.0. The van der Waals surface area contributed by atoms with E-state index >= 15 is 0 Å². The fourth-order valence-electron chi connectivity index (χ4n) is 0.418. The number of aliphatic hydroxyl groups is 6. The lowest BCUT2D eigenvalue weighted by Gasteiger charge is -1.95. The van der Waals surface area contributed by atoms with E-state index in [4.69, 9.17) is 30.6 Å². The van der Waals surface area contributed by atoms with Crippen LogP contribution in [0.3, 0.4) is 0 Å². The molecule has 0 aliphatic carbocycles. The van der Waals surface area contributed by atoms with Gasteiger partial charge in [0.1, 0.15) is 0 Å². The van der Waals surface area contributed by atoms with Crippen molar-refractivity contribution in [3.05, 3.63) is 0 Å². The molecule has 0 bridgehead atoms. The molecule has 0 saturated heterocycles. The molecule has 0 rings (SSSR count). The van der Waals surface area contributed by atoms with E-state index < -0.39 is 0 Å². The highest BCUT2D eigenvalue weighted by Gasteiger charge is 1.88. The van der Waals surface area contributed by atoms with Crippen LogP contribution in [0.1, 0.15) is 13.3 Å². The summed E-state index contributed by atoms with van der Waals surface area (Å²) < 4.78 is 4.63. The largest absolute Gasteiger partial charge is 0.396 e. The van der Waals surface area contributed by atoms with Gasteiger partial charge in [0, 0.05) is 6.61 Å². The van der Waals surface area contributed by atoms with Gasteiger partial charge in [0.25, 0.3) is 0 Å². The fraction of sp³-hybridized carbons (Fsp3) is 1.00. The molecular formula is C10H26O7. The van der Waals surface area contributed by atoms with Crippen LogP contribution in [0.2, 0.25) is 0 Å². The van der Waals surface area contributed by atoms with E-state index in [1.807, 2.05) is 0 Å². The Hall–Kier alpha value is -0.280. The summed E-state index contributed by atoms with van der Waals surface area (Å²) in [5.74, 6) is 0. The first kappa shape index (κ1) is 21.9. The molecular weight excluding hydrogens is 232 g/mol. The molecule has 0 aromatic heterocycles. The SMILES string of the molecule is CC(O)CCO.OCCO.OCCOCCO. The van der Waals surface area contributed by atoms with Crippen LogP contribution in [0, 0.1) is 0 Å². The predicted octanol–water partition coefficient (Wildman–Crippen LogP) is -2.29. The van der Waals surface area contributed by atoms with Gasteiger partial charge in [-0.1, -0.05) is 0 Å². The van der Waals surface area contributed by atoms with E-state index in [0.717, 1.165) is 0 Å². The van der Waals surface area contributed by atoms with Crippen molar-refractivity contribution in [3.8, 4) is 0 Å². The van der Waals surface area contributed by atoms with Gasteiger partial charge >= 0.3 is 0 Å². The molecule has 0 amide bonds. The Morgan fingerprint density at radius 1 is 0.765 bits per heavy atom. The maximum absolute atomic E-state index is 8.39. The Morgan fingerprint density at radius 2 is 1.18 bits per heavy atom. The highest BCUT2D eigenvalue weighted by Crippen LogP contribution is 1.83. The molecule has 0 aliphatic rings. The van der Waals surface area contributed by atoms with Gasteiger partial charge < -0.3 is 35.4 Å². The molecule has 1 unspecified atom stereocenters. The zero-order chi connectivity index (χ0) is 13.9. The minimum Gasteiger partial charge on any atom is -0.396 e. The van der Waals surface area contributed by atoms with Crippen LogP contribution in [-0.4, -0.2) is 83.0 Å². The number of aliphatic hydroxyl groups excluding tert-OH is 6. The second-order valence-electron chi connectivity index (χ2n) is 2.87. The van der Waals surface area contributed by atoms with E-state index in [9.17, 15) is 0 Å². The minimum absolute atomic E-state index is 0.0278. The molecule has 7 nitrogen and oxygen atoms in total. The zero-order valence-electron chi connectivity index (χ0n) is 10.3. The van der Waals surface area contributed by atoms with Gasteiger partial charge in [-0.15, -0.1) is 0 Å². The normalized spacial score (nSPS) is 10.8. The summed E-state index contributed by atoms with van der Waals surface area (Å²) in [5, 5.41) is 47.9. The third-order valence-corrected chi connectivity index (χ3v) is 1.12. The molecule has 108 valence electrons. The summed E-state index contributed by atoms with van der Waals surface area (Å²) in [6.45, 7) is 2.18. The van der Waals surface area contributed by atoms with E-state index in [1.54, 1.807) is 6.92 Å². The van der Waals surface area contributed by atoms with Gasteiger partial charge in [-0.2, -0.15) is 0 Å². The standard InChI is InChI=1S/C4H10O3.C4H10O2.C2H6O2/c5-1-3-7-4-2-6;1-4(6)2-3-5;3-1-2-4/h5-6H,1-4H2;4-6H,2-3H2,1H3;3-4H,1-2H2. The van der Waals surface area contributed by atoms with Crippen LogP contribution in [0.5, 0.6) is 0 Å². The zero-order valence-corrected chi connectivity index (χ0v) is 10.3. The Labute approximate surface area is 102 Å². The van der Waals surface area contributed by atoms with Gasteiger partial charge in [-0.3, -0.25) is 0 Å². The molecule has 6 N–H and O–H groups in total. The summed E-state index contributed by atoms with van der Waals surface area (Å²) in [5.41, 5.74) is 0. The third kappa shape index (κ3) is 49.7. The smallest absolute Gasteiger partial charge is 0.0698 e. The van der Waals surface area contributed by atoms with Gasteiger partial charge in [-0.05, 0) is 13.3 Å². The first-order valence-corrected chi connectivity index (χ1v) is 5.40. The first-order chi connectivity index (χ1) is 8.10. The van der Waals surface area contributed by atoms with Gasteiger partial charge in [0.15, 0.2) is 0 Å². The van der Waals surface area contributed by atoms with E-state index in [-0.39, 0.29) is 39.1 Å². The Balaban J connectivity index is -0.000000180. The molecule has 17 heavy (non-hydrogen) atoms. The average Bonchev–Trinajstić information content (AvgIpc) is 2.31. The van der Waals surface area contributed by atoms with Crippen molar-refractivity contribution < 1.29 is 35.4 Å². The van der Waals surface area contributed by atoms with Crippen molar-refractivity contribution in [1.29, 1.82) is 0 Å². The minimum atomic E-state index is -0.352. The van der Waals surface area contributed by atoms with Crippen LogP contribution in [0.4, 0.5) is 0 Å². The third-order valence-electron chi connectivity index (χ3n) is 1.12. The molecule has 7 heteroatoms. The van der Waals surface area contributed by atoms with Crippen molar-refractivity contribution in [1.82, 2.24) is 0 Å². The van der Waals surface area contributed by atoms with E-state index in [1.165, 1.54) is 0 Å². The molecule has 0 spiro atoms. The summed E-state index contributed by atoms with van der Waals surface area (Å²) in [7, 11) is 0. The van der Waals surface area contributed by atoms with Gasteiger partial charge in [0.05, 0.1) is 45.7 Å². The van der Waals surface area contributed by atoms with Crippen LogP contribution in [0.25, 0.3) is 0 Å². The number of ether oxygens (including phenoxy) is 1. The number of rotatable bonds is 7. The van der Waals surface area contributed by atoms with Crippen molar-refractivity contribution in [3.63, 3.8) is 0 Å². The Morgan fingerprint density at radius 3 is 1.29 bits per heavy atom. The highest BCUT2D eigenvalue weighted by atomic mass is 16.5. The van der Waals surface area contributed by atoms with Crippen molar-refractivity contribution in [2.75, 3.05) is 46.2 Å². The molecule has 0 aromatic rings. The van der Waals surface area contributed by atoms with E-state index in [0.29, 0.717) is 19.6 Å². The predicted molar refractivity (Wildman–Crippen MR) is 62.5 cm³/mol. The number of hydrogen-bond acceptors (Lipinski definition) is 7. The van der Waals surface area contributed by atoms with Crippen LogP contribution in [-0.2, 0) is 4.74 Å². The van der Waals surface area contributed by atoms with Crippen molar-refractivity contribution in [2.45, 2.75) is 19.4 Å². The summed E-state index contributed by atoms with van der Waals surface area (Å²) in [6.07, 6.45) is 0.134. The molecule has 0 saturated carbocycles. The lowest BCUT2D eigenvalue weighted by atomic mass is 10.3. The fourth-order valence-corrected chi connectivity index (χ4v) is 0.418. The van der Waals surface area contributed by atoms with Crippen LogP contribution >= 0.6 is 0 Å². The highest BCUT2D eigenvalue weighted by molar-refractivity contribution is 4.40. The quantitative estimate of drug-likeness (QED) is 0.283. The lowest BCUT2D eigenvalue weighted by Crippen LogP contribution is -2.03. The molecule has 0 aromatic carbocycles. The maximum Gasteiger partial charge on any atom is 0.0698 e. The lowest BCUT2D eigenvalue weighted by molar-refractivity contribution is 0.0650. The molecule has 0 radical (unpaired) electrons. The second kappa shape index (κ2) is 24.8. The van der Waals surface area contributed by atoms with Crippen molar-refractivity contribution >= 4 is 0 Å². The average molecular weight is 258 g/mol.